The van der Waals surface area contributed by atoms with Gasteiger partial charge in [0, 0.05) is 5.69 Å². The van der Waals surface area contributed by atoms with E-state index in [0.29, 0.717) is 11.0 Å². The van der Waals surface area contributed by atoms with Crippen molar-refractivity contribution < 1.29 is 9.90 Å². The van der Waals surface area contributed by atoms with Gasteiger partial charge in [0.1, 0.15) is 12.2 Å². The average molecular weight is 249 g/mol. The molecule has 2 aromatic rings. The number of carboxylic acid groups (broad SMARTS) is 1. The molecule has 0 bridgehead atoms. The summed E-state index contributed by atoms with van der Waals surface area (Å²) < 4.78 is 1.76. The lowest BCUT2D eigenvalue weighted by Crippen LogP contribution is -2.08. The molecule has 0 saturated carbocycles. The van der Waals surface area contributed by atoms with Crippen molar-refractivity contribution in [3.63, 3.8) is 0 Å². The van der Waals surface area contributed by atoms with E-state index < -0.39 is 5.97 Å². The van der Waals surface area contributed by atoms with Crippen molar-refractivity contribution in [2.24, 2.45) is 0 Å². The highest BCUT2D eigenvalue weighted by Gasteiger charge is 2.15. The van der Waals surface area contributed by atoms with Crippen molar-refractivity contribution in [1.82, 2.24) is 14.8 Å². The highest BCUT2D eigenvalue weighted by atomic mass is 32.2. The summed E-state index contributed by atoms with van der Waals surface area (Å²) in [7, 11) is 0. The summed E-state index contributed by atoms with van der Waals surface area (Å²) >= 11 is 1.43. The Balaban J connectivity index is 2.49. The van der Waals surface area contributed by atoms with E-state index in [0.717, 1.165) is 5.69 Å². The number of carbonyl (C=O) groups is 1. The van der Waals surface area contributed by atoms with E-state index >= 15 is 0 Å². The number of aliphatic carboxylic acids is 1. The molecule has 0 unspecified atom stereocenters. The fraction of sp³-hybridized carbons (Fsp3) is 0.182. The number of hydrogen-bond donors (Lipinski definition) is 1. The first-order valence-electron chi connectivity index (χ1n) is 4.98. The summed E-state index contributed by atoms with van der Waals surface area (Å²) in [5, 5.41) is 17.4. The van der Waals surface area contributed by atoms with Crippen molar-refractivity contribution in [3.8, 4) is 5.69 Å². The van der Waals surface area contributed by atoms with Gasteiger partial charge in [-0.15, -0.1) is 10.2 Å². The van der Waals surface area contributed by atoms with E-state index in [9.17, 15) is 4.79 Å². The molecule has 0 radical (unpaired) electrons. The quantitative estimate of drug-likeness (QED) is 0.834. The number of nitrogens with zero attached hydrogens (tertiary/aromatic N) is 3. The van der Waals surface area contributed by atoms with Crippen LogP contribution >= 0.6 is 11.8 Å². The van der Waals surface area contributed by atoms with Crippen LogP contribution in [-0.2, 0) is 11.2 Å². The van der Waals surface area contributed by atoms with E-state index in [1.165, 1.54) is 11.8 Å². The van der Waals surface area contributed by atoms with Crippen LogP contribution in [0.5, 0.6) is 0 Å². The molecule has 0 atom stereocenters. The summed E-state index contributed by atoms with van der Waals surface area (Å²) in [6.45, 7) is 0. The van der Waals surface area contributed by atoms with E-state index in [1.54, 1.807) is 4.57 Å². The van der Waals surface area contributed by atoms with Gasteiger partial charge < -0.3 is 5.11 Å². The Hall–Kier alpha value is -1.82. The van der Waals surface area contributed by atoms with E-state index in [2.05, 4.69) is 10.2 Å². The molecule has 6 heteroatoms. The zero-order chi connectivity index (χ0) is 12.3. The minimum absolute atomic E-state index is 0.136. The normalized spacial score (nSPS) is 10.4. The van der Waals surface area contributed by atoms with Gasteiger partial charge in [0.05, 0.1) is 0 Å². The fourth-order valence-electron chi connectivity index (χ4n) is 1.52. The molecular weight excluding hydrogens is 238 g/mol. The minimum atomic E-state index is -0.915. The van der Waals surface area contributed by atoms with Crippen LogP contribution in [0.1, 0.15) is 5.82 Å². The van der Waals surface area contributed by atoms with Crippen molar-refractivity contribution in [2.75, 3.05) is 6.26 Å². The standard InChI is InChI=1S/C11H11N3O2S/c1-17-11-13-12-9(7-10(15)16)14(11)8-5-3-2-4-6-8/h2-6H,7H2,1H3,(H,15,16). The van der Waals surface area contributed by atoms with E-state index in [-0.39, 0.29) is 6.42 Å². The molecule has 0 amide bonds. The lowest BCUT2D eigenvalue weighted by molar-refractivity contribution is -0.136. The van der Waals surface area contributed by atoms with E-state index in [1.807, 2.05) is 36.6 Å². The largest absolute Gasteiger partial charge is 0.481 e. The lowest BCUT2D eigenvalue weighted by Gasteiger charge is -2.07. The molecule has 0 aliphatic carbocycles. The molecule has 1 aromatic heterocycles. The number of carboxylic acids is 1. The molecule has 1 N–H and O–H groups in total. The molecule has 0 aliphatic rings. The Bertz CT molecular complexity index is 525. The SMILES string of the molecule is CSc1nnc(CC(=O)O)n1-c1ccccc1. The monoisotopic (exact) mass is 249 g/mol. The van der Waals surface area contributed by atoms with Crippen LogP contribution in [0.4, 0.5) is 0 Å². The van der Waals surface area contributed by atoms with Gasteiger partial charge in [-0.3, -0.25) is 9.36 Å². The molecule has 2 rings (SSSR count). The second kappa shape index (κ2) is 5.01. The Morgan fingerprint density at radius 2 is 2.06 bits per heavy atom. The predicted octanol–water partition coefficient (Wildman–Crippen LogP) is 1.62. The second-order valence-electron chi connectivity index (χ2n) is 3.34. The summed E-state index contributed by atoms with van der Waals surface area (Å²) in [6.07, 6.45) is 1.75. The van der Waals surface area contributed by atoms with Gasteiger partial charge in [-0.2, -0.15) is 0 Å². The van der Waals surface area contributed by atoms with Crippen LogP contribution in [0.25, 0.3) is 5.69 Å². The van der Waals surface area contributed by atoms with Gasteiger partial charge >= 0.3 is 5.97 Å². The number of aromatic nitrogens is 3. The van der Waals surface area contributed by atoms with Crippen molar-refractivity contribution in [3.05, 3.63) is 36.2 Å². The van der Waals surface area contributed by atoms with Crippen LogP contribution in [0, 0.1) is 0 Å². The smallest absolute Gasteiger partial charge is 0.311 e. The van der Waals surface area contributed by atoms with Crippen LogP contribution in [0.3, 0.4) is 0 Å². The maximum Gasteiger partial charge on any atom is 0.311 e. The van der Waals surface area contributed by atoms with Gasteiger partial charge in [0.25, 0.3) is 0 Å². The summed E-state index contributed by atoms with van der Waals surface area (Å²) in [5.41, 5.74) is 0.873. The van der Waals surface area contributed by atoms with E-state index in [4.69, 9.17) is 5.11 Å². The summed E-state index contributed by atoms with van der Waals surface area (Å²) in [5.74, 6) is -0.477. The van der Waals surface area contributed by atoms with Gasteiger partial charge in [0.15, 0.2) is 5.16 Å². The molecule has 5 nitrogen and oxygen atoms in total. The number of hydrogen-bond acceptors (Lipinski definition) is 4. The molecule has 0 spiro atoms. The highest BCUT2D eigenvalue weighted by molar-refractivity contribution is 7.98. The van der Waals surface area contributed by atoms with Crippen LogP contribution in [0.15, 0.2) is 35.5 Å². The summed E-state index contributed by atoms with van der Waals surface area (Å²) in [6, 6.07) is 9.49. The Labute approximate surface area is 102 Å². The molecule has 0 fully saturated rings. The van der Waals surface area contributed by atoms with Crippen molar-refractivity contribution >= 4 is 17.7 Å². The second-order valence-corrected chi connectivity index (χ2v) is 4.12. The zero-order valence-electron chi connectivity index (χ0n) is 9.20. The molecule has 88 valence electrons. The first-order chi connectivity index (χ1) is 8.22. The number of para-hydroxylation sites is 1. The predicted molar refractivity (Wildman–Crippen MR) is 64.5 cm³/mol. The van der Waals surface area contributed by atoms with Crippen LogP contribution < -0.4 is 0 Å². The third-order valence-electron chi connectivity index (χ3n) is 2.21. The Kier molecular flexibility index (Phi) is 3.43. The maximum atomic E-state index is 10.8. The summed E-state index contributed by atoms with van der Waals surface area (Å²) in [4.78, 5) is 10.8. The van der Waals surface area contributed by atoms with Crippen molar-refractivity contribution in [1.29, 1.82) is 0 Å². The van der Waals surface area contributed by atoms with Gasteiger partial charge in [-0.05, 0) is 18.4 Å². The number of benzene rings is 1. The van der Waals surface area contributed by atoms with Crippen LogP contribution in [-0.4, -0.2) is 32.1 Å². The Morgan fingerprint density at radius 1 is 1.35 bits per heavy atom. The molecule has 0 saturated heterocycles. The average Bonchev–Trinajstić information content (AvgIpc) is 2.72. The third-order valence-corrected chi connectivity index (χ3v) is 2.84. The lowest BCUT2D eigenvalue weighted by atomic mass is 10.3. The van der Waals surface area contributed by atoms with Crippen molar-refractivity contribution in [2.45, 2.75) is 11.6 Å². The fourth-order valence-corrected chi connectivity index (χ4v) is 2.03. The number of rotatable bonds is 4. The topological polar surface area (TPSA) is 68.0 Å². The molecule has 17 heavy (non-hydrogen) atoms. The molecule has 1 heterocycles. The maximum absolute atomic E-state index is 10.8. The zero-order valence-corrected chi connectivity index (χ0v) is 10.0. The van der Waals surface area contributed by atoms with Gasteiger partial charge in [-0.25, -0.2) is 0 Å². The van der Waals surface area contributed by atoms with Gasteiger partial charge in [0.2, 0.25) is 0 Å². The Morgan fingerprint density at radius 3 is 2.65 bits per heavy atom. The third kappa shape index (κ3) is 2.47. The molecule has 1 aromatic carbocycles. The minimum Gasteiger partial charge on any atom is -0.481 e. The van der Waals surface area contributed by atoms with Crippen LogP contribution in [0.2, 0.25) is 0 Å². The first kappa shape index (κ1) is 11.7. The highest BCUT2D eigenvalue weighted by Crippen LogP contribution is 2.19. The van der Waals surface area contributed by atoms with Gasteiger partial charge in [-0.1, -0.05) is 30.0 Å². The molecular formula is C11H11N3O2S. The first-order valence-corrected chi connectivity index (χ1v) is 6.20. The molecule has 0 aliphatic heterocycles. The number of thioether (sulfide) groups is 1.